The lowest BCUT2D eigenvalue weighted by atomic mass is 10.0. The summed E-state index contributed by atoms with van der Waals surface area (Å²) >= 11 is 6.05. The summed E-state index contributed by atoms with van der Waals surface area (Å²) in [7, 11) is 0. The lowest BCUT2D eigenvalue weighted by Gasteiger charge is -2.20. The molecule has 15 heavy (non-hydrogen) atoms. The van der Waals surface area contributed by atoms with E-state index in [9.17, 15) is 0 Å². The van der Waals surface area contributed by atoms with Crippen molar-refractivity contribution < 1.29 is 4.74 Å². The van der Waals surface area contributed by atoms with Crippen LogP contribution in [0.25, 0.3) is 0 Å². The third kappa shape index (κ3) is 3.82. The van der Waals surface area contributed by atoms with Gasteiger partial charge in [0.25, 0.3) is 0 Å². The molecule has 1 rings (SSSR count). The van der Waals surface area contributed by atoms with Crippen molar-refractivity contribution in [3.8, 4) is 0 Å². The number of nitrogens with two attached hydrogens (primary N) is 1. The lowest BCUT2D eigenvalue weighted by molar-refractivity contribution is 0.0577. The highest BCUT2D eigenvalue weighted by Crippen LogP contribution is 2.17. The van der Waals surface area contributed by atoms with E-state index in [4.69, 9.17) is 22.1 Å². The molecule has 1 aromatic rings. The molecule has 0 bridgehead atoms. The number of halogens is 1. The minimum absolute atomic E-state index is 0.00940. The van der Waals surface area contributed by atoms with Gasteiger partial charge in [-0.15, -0.1) is 0 Å². The van der Waals surface area contributed by atoms with Gasteiger partial charge in [0.2, 0.25) is 0 Å². The quantitative estimate of drug-likeness (QED) is 0.840. The van der Waals surface area contributed by atoms with E-state index in [2.05, 4.69) is 0 Å². The van der Waals surface area contributed by atoms with Crippen molar-refractivity contribution in [3.05, 3.63) is 34.9 Å². The Bertz CT molecular complexity index is 303. The normalized spacial score (nSPS) is 14.9. The smallest absolute Gasteiger partial charge is 0.0700 e. The summed E-state index contributed by atoms with van der Waals surface area (Å²) in [5, 5.41) is 0.775. The summed E-state index contributed by atoms with van der Waals surface area (Å²) in [4.78, 5) is 0. The summed E-state index contributed by atoms with van der Waals surface area (Å²) in [5.74, 6) is 0. The molecule has 3 heteroatoms. The van der Waals surface area contributed by atoms with Gasteiger partial charge in [-0.1, -0.05) is 29.8 Å². The van der Waals surface area contributed by atoms with E-state index in [1.54, 1.807) is 0 Å². The molecule has 0 aromatic heterocycles. The van der Waals surface area contributed by atoms with Gasteiger partial charge in [0, 0.05) is 17.7 Å². The van der Waals surface area contributed by atoms with Crippen molar-refractivity contribution >= 4 is 11.6 Å². The van der Waals surface area contributed by atoms with Crippen LogP contribution in [0, 0.1) is 0 Å². The van der Waals surface area contributed by atoms with Crippen molar-refractivity contribution in [1.29, 1.82) is 0 Å². The fourth-order valence-corrected chi connectivity index (χ4v) is 1.68. The predicted molar refractivity (Wildman–Crippen MR) is 64.2 cm³/mol. The molecule has 0 aliphatic carbocycles. The Kier molecular flexibility index (Phi) is 5.09. The summed E-state index contributed by atoms with van der Waals surface area (Å²) in [6, 6.07) is 7.77. The fourth-order valence-electron chi connectivity index (χ4n) is 1.47. The minimum Gasteiger partial charge on any atom is -0.377 e. The molecular weight excluding hydrogens is 210 g/mol. The molecule has 0 radical (unpaired) electrons. The molecule has 0 fully saturated rings. The third-order valence-electron chi connectivity index (χ3n) is 2.45. The highest BCUT2D eigenvalue weighted by Gasteiger charge is 2.14. The Morgan fingerprint density at radius 1 is 1.40 bits per heavy atom. The molecule has 2 unspecified atom stereocenters. The standard InChI is InChI=1S/C12H18ClNO/c1-3-15-9(2)12(14)8-10-6-4-5-7-11(10)13/h4-7,9,12H,3,8,14H2,1-2H3. The van der Waals surface area contributed by atoms with Crippen LogP contribution in [-0.4, -0.2) is 18.8 Å². The second-order valence-electron chi connectivity index (χ2n) is 3.62. The second kappa shape index (κ2) is 6.11. The molecule has 0 aliphatic heterocycles. The van der Waals surface area contributed by atoms with Crippen LogP contribution in [0.2, 0.25) is 5.02 Å². The predicted octanol–water partition coefficient (Wildman–Crippen LogP) is 2.63. The summed E-state index contributed by atoms with van der Waals surface area (Å²) in [5.41, 5.74) is 7.10. The maximum absolute atomic E-state index is 6.05. The topological polar surface area (TPSA) is 35.2 Å². The maximum atomic E-state index is 6.05. The lowest BCUT2D eigenvalue weighted by Crippen LogP contribution is -2.36. The van der Waals surface area contributed by atoms with E-state index in [1.807, 2.05) is 38.1 Å². The average molecular weight is 228 g/mol. The van der Waals surface area contributed by atoms with E-state index in [1.165, 1.54) is 0 Å². The van der Waals surface area contributed by atoms with E-state index < -0.39 is 0 Å². The molecular formula is C12H18ClNO. The molecule has 2 nitrogen and oxygen atoms in total. The van der Waals surface area contributed by atoms with E-state index in [0.29, 0.717) is 6.61 Å². The zero-order chi connectivity index (χ0) is 11.3. The highest BCUT2D eigenvalue weighted by molar-refractivity contribution is 6.31. The molecule has 2 N–H and O–H groups in total. The number of hydrogen-bond donors (Lipinski definition) is 1. The molecule has 0 heterocycles. The van der Waals surface area contributed by atoms with Crippen LogP contribution in [0.4, 0.5) is 0 Å². The average Bonchev–Trinajstić information content (AvgIpc) is 2.21. The van der Waals surface area contributed by atoms with Crippen LogP contribution >= 0.6 is 11.6 Å². The Hall–Kier alpha value is -0.570. The van der Waals surface area contributed by atoms with Crippen LogP contribution in [0.5, 0.6) is 0 Å². The number of benzene rings is 1. The zero-order valence-electron chi connectivity index (χ0n) is 9.24. The first-order chi connectivity index (χ1) is 7.15. The Morgan fingerprint density at radius 2 is 2.07 bits per heavy atom. The van der Waals surface area contributed by atoms with Crippen molar-refractivity contribution in [3.63, 3.8) is 0 Å². The molecule has 1 aromatic carbocycles. The Balaban J connectivity index is 2.58. The van der Waals surface area contributed by atoms with Gasteiger partial charge < -0.3 is 10.5 Å². The number of hydrogen-bond acceptors (Lipinski definition) is 2. The van der Waals surface area contributed by atoms with Gasteiger partial charge >= 0.3 is 0 Å². The van der Waals surface area contributed by atoms with Crippen LogP contribution < -0.4 is 5.73 Å². The molecule has 0 spiro atoms. The van der Waals surface area contributed by atoms with Crippen LogP contribution in [-0.2, 0) is 11.2 Å². The monoisotopic (exact) mass is 227 g/mol. The van der Waals surface area contributed by atoms with E-state index >= 15 is 0 Å². The van der Waals surface area contributed by atoms with Gasteiger partial charge in [0.15, 0.2) is 0 Å². The van der Waals surface area contributed by atoms with Crippen LogP contribution in [0.3, 0.4) is 0 Å². The van der Waals surface area contributed by atoms with Gasteiger partial charge in [0.05, 0.1) is 6.10 Å². The van der Waals surface area contributed by atoms with Gasteiger partial charge in [-0.3, -0.25) is 0 Å². The SMILES string of the molecule is CCOC(C)C(N)Cc1ccccc1Cl. The summed E-state index contributed by atoms with van der Waals surface area (Å²) in [6.45, 7) is 4.65. The Morgan fingerprint density at radius 3 is 2.67 bits per heavy atom. The highest BCUT2D eigenvalue weighted by atomic mass is 35.5. The summed E-state index contributed by atoms with van der Waals surface area (Å²) < 4.78 is 5.45. The number of rotatable bonds is 5. The second-order valence-corrected chi connectivity index (χ2v) is 4.03. The molecule has 0 saturated heterocycles. The van der Waals surface area contributed by atoms with Crippen LogP contribution in [0.1, 0.15) is 19.4 Å². The molecule has 2 atom stereocenters. The third-order valence-corrected chi connectivity index (χ3v) is 2.81. The van der Waals surface area contributed by atoms with Crippen LogP contribution in [0.15, 0.2) is 24.3 Å². The molecule has 0 aliphatic rings. The fraction of sp³-hybridized carbons (Fsp3) is 0.500. The maximum Gasteiger partial charge on any atom is 0.0700 e. The van der Waals surface area contributed by atoms with Crippen molar-refractivity contribution in [2.75, 3.05) is 6.61 Å². The van der Waals surface area contributed by atoms with Gasteiger partial charge in [-0.25, -0.2) is 0 Å². The van der Waals surface area contributed by atoms with E-state index in [0.717, 1.165) is 17.0 Å². The van der Waals surface area contributed by atoms with Crippen molar-refractivity contribution in [2.24, 2.45) is 5.73 Å². The van der Waals surface area contributed by atoms with Gasteiger partial charge in [-0.2, -0.15) is 0 Å². The van der Waals surface area contributed by atoms with Crippen molar-refractivity contribution in [2.45, 2.75) is 32.4 Å². The molecule has 0 amide bonds. The first kappa shape index (κ1) is 12.5. The first-order valence-corrected chi connectivity index (χ1v) is 5.63. The van der Waals surface area contributed by atoms with Gasteiger partial charge in [-0.05, 0) is 31.9 Å². The number of ether oxygens (including phenoxy) is 1. The zero-order valence-corrected chi connectivity index (χ0v) is 10.00. The first-order valence-electron chi connectivity index (χ1n) is 5.25. The van der Waals surface area contributed by atoms with Gasteiger partial charge in [0.1, 0.15) is 0 Å². The Labute approximate surface area is 96.4 Å². The van der Waals surface area contributed by atoms with E-state index in [-0.39, 0.29) is 12.1 Å². The molecule has 0 saturated carbocycles. The minimum atomic E-state index is -0.00940. The largest absolute Gasteiger partial charge is 0.377 e. The summed E-state index contributed by atoms with van der Waals surface area (Å²) in [6.07, 6.45) is 0.812. The van der Waals surface area contributed by atoms with Crippen molar-refractivity contribution in [1.82, 2.24) is 0 Å². The molecule has 84 valence electrons.